The zero-order valence-corrected chi connectivity index (χ0v) is 22.2. The van der Waals surface area contributed by atoms with E-state index in [1.165, 1.54) is 14.2 Å². The number of amides is 3. The third-order valence-corrected chi connectivity index (χ3v) is 6.42. The number of ether oxygens (including phenoxy) is 3. The number of hydrogen-bond acceptors (Lipinski definition) is 9. The Morgan fingerprint density at radius 2 is 1.89 bits per heavy atom. The number of pyridine rings is 1. The third-order valence-electron chi connectivity index (χ3n) is 6.42. The van der Waals surface area contributed by atoms with Crippen molar-refractivity contribution in [3.63, 3.8) is 0 Å². The zero-order valence-electron chi connectivity index (χ0n) is 22.2. The standard InChI is InChI=1S/C27H37N5O6/c1-32-24(34)13-12-20(27(32)35)31-23(33)11-7-5-4-6-9-18-10-8-14-29-26(18)30-19-15-21(36-2)25(37-3)22(16-19)38-17-28/h8,10,14-16,20H,4-7,9,11-13,17,28H2,1-3H3,(H,29,30)(H,31,33). The molecule has 1 aromatic heterocycles. The van der Waals surface area contributed by atoms with E-state index < -0.39 is 6.04 Å². The number of carbonyl (C=O) groups is 3. The number of carbonyl (C=O) groups excluding carboxylic acids is 3. The molecule has 1 aliphatic rings. The lowest BCUT2D eigenvalue weighted by atomic mass is 10.0. The average molecular weight is 528 g/mol. The lowest BCUT2D eigenvalue weighted by Crippen LogP contribution is -2.52. The molecule has 2 heterocycles. The Balaban J connectivity index is 1.47. The molecule has 11 nitrogen and oxygen atoms in total. The number of aromatic nitrogens is 1. The van der Waals surface area contributed by atoms with Crippen LogP contribution in [0.2, 0.25) is 0 Å². The number of anilines is 2. The lowest BCUT2D eigenvalue weighted by molar-refractivity contribution is -0.149. The highest BCUT2D eigenvalue weighted by molar-refractivity contribution is 6.01. The van der Waals surface area contributed by atoms with Crippen LogP contribution >= 0.6 is 0 Å². The van der Waals surface area contributed by atoms with Crippen molar-refractivity contribution < 1.29 is 28.6 Å². The monoisotopic (exact) mass is 527 g/mol. The minimum atomic E-state index is -0.606. The molecule has 11 heteroatoms. The van der Waals surface area contributed by atoms with E-state index in [9.17, 15) is 14.4 Å². The van der Waals surface area contributed by atoms with E-state index in [2.05, 4.69) is 15.6 Å². The van der Waals surface area contributed by atoms with E-state index in [4.69, 9.17) is 19.9 Å². The summed E-state index contributed by atoms with van der Waals surface area (Å²) in [6.45, 7) is -0.00345. The molecule has 0 spiro atoms. The quantitative estimate of drug-likeness (QED) is 0.192. The number of benzene rings is 1. The second-order valence-corrected chi connectivity index (χ2v) is 9.02. The highest BCUT2D eigenvalue weighted by Gasteiger charge is 2.32. The molecule has 1 aromatic carbocycles. The van der Waals surface area contributed by atoms with E-state index in [0.717, 1.165) is 54.1 Å². The first kappa shape index (κ1) is 28.7. The summed E-state index contributed by atoms with van der Waals surface area (Å²) in [4.78, 5) is 41.6. The fourth-order valence-corrected chi connectivity index (χ4v) is 4.36. The van der Waals surface area contributed by atoms with E-state index in [1.807, 2.05) is 18.2 Å². The van der Waals surface area contributed by atoms with Crippen LogP contribution in [0.3, 0.4) is 0 Å². The smallest absolute Gasteiger partial charge is 0.251 e. The number of nitrogens with zero attached hydrogens (tertiary/aromatic N) is 2. The molecule has 1 fully saturated rings. The molecule has 1 saturated heterocycles. The molecule has 0 saturated carbocycles. The topological polar surface area (TPSA) is 145 Å². The van der Waals surface area contributed by atoms with Gasteiger partial charge in [-0.3, -0.25) is 25.0 Å². The van der Waals surface area contributed by atoms with Gasteiger partial charge in [-0.1, -0.05) is 18.9 Å². The maximum atomic E-state index is 12.3. The maximum Gasteiger partial charge on any atom is 0.251 e. The van der Waals surface area contributed by atoms with Crippen molar-refractivity contribution in [3.8, 4) is 17.2 Å². The molecule has 3 rings (SSSR count). The molecule has 1 aliphatic heterocycles. The van der Waals surface area contributed by atoms with Crippen LogP contribution in [0.1, 0.15) is 50.5 Å². The number of aryl methyl sites for hydroxylation is 1. The summed E-state index contributed by atoms with van der Waals surface area (Å²) >= 11 is 0. The number of methoxy groups -OCH3 is 2. The molecular formula is C27H37N5O6. The Morgan fingerprint density at radius 1 is 1.13 bits per heavy atom. The number of unbranched alkanes of at least 4 members (excludes halogenated alkanes) is 3. The van der Waals surface area contributed by atoms with Crippen molar-refractivity contribution in [2.45, 2.75) is 57.4 Å². The van der Waals surface area contributed by atoms with E-state index in [1.54, 1.807) is 19.4 Å². The number of nitrogens with two attached hydrogens (primary N) is 1. The summed E-state index contributed by atoms with van der Waals surface area (Å²) in [5.41, 5.74) is 7.36. The maximum absolute atomic E-state index is 12.3. The van der Waals surface area contributed by atoms with Gasteiger partial charge in [-0.05, 0) is 37.3 Å². The predicted octanol–water partition coefficient (Wildman–Crippen LogP) is 2.89. The van der Waals surface area contributed by atoms with Gasteiger partial charge < -0.3 is 24.8 Å². The number of likely N-dealkylation sites (N-methyl/N-ethyl adjacent to an activating group) is 1. The van der Waals surface area contributed by atoms with Gasteiger partial charge in [0.25, 0.3) is 5.91 Å². The van der Waals surface area contributed by atoms with E-state index >= 15 is 0 Å². The van der Waals surface area contributed by atoms with Crippen LogP contribution in [0, 0.1) is 0 Å². The second-order valence-electron chi connectivity index (χ2n) is 9.02. The van der Waals surface area contributed by atoms with Gasteiger partial charge in [0, 0.05) is 43.9 Å². The number of imide groups is 1. The molecule has 1 atom stereocenters. The summed E-state index contributed by atoms with van der Waals surface area (Å²) in [5.74, 6) is 1.47. The van der Waals surface area contributed by atoms with Crippen molar-refractivity contribution in [2.24, 2.45) is 5.73 Å². The molecule has 0 bridgehead atoms. The number of rotatable bonds is 14. The van der Waals surface area contributed by atoms with Crippen molar-refractivity contribution >= 4 is 29.2 Å². The summed E-state index contributed by atoms with van der Waals surface area (Å²) in [7, 11) is 4.55. The molecule has 1 unspecified atom stereocenters. The number of hydrogen-bond donors (Lipinski definition) is 3. The Bertz CT molecular complexity index is 1130. The molecule has 3 amide bonds. The van der Waals surface area contributed by atoms with Gasteiger partial charge in [0.05, 0.1) is 14.2 Å². The van der Waals surface area contributed by atoms with Crippen LogP contribution < -0.4 is 30.6 Å². The van der Waals surface area contributed by atoms with Gasteiger partial charge in [0.2, 0.25) is 17.6 Å². The van der Waals surface area contributed by atoms with Gasteiger partial charge in [0.1, 0.15) is 18.6 Å². The van der Waals surface area contributed by atoms with Crippen LogP contribution in [-0.2, 0) is 20.8 Å². The number of piperidine rings is 1. The first-order chi connectivity index (χ1) is 18.4. The van der Waals surface area contributed by atoms with Gasteiger partial charge >= 0.3 is 0 Å². The SMILES string of the molecule is COc1cc(Nc2ncccc2CCCCCCC(=O)NC2CCC(=O)N(C)C2=O)cc(OCN)c1OC. The van der Waals surface area contributed by atoms with Gasteiger partial charge in [-0.25, -0.2) is 4.98 Å². The summed E-state index contributed by atoms with van der Waals surface area (Å²) in [6, 6.07) is 6.92. The van der Waals surface area contributed by atoms with Gasteiger partial charge in [-0.2, -0.15) is 0 Å². The summed E-state index contributed by atoms with van der Waals surface area (Å²) in [6.07, 6.45) is 7.04. The van der Waals surface area contributed by atoms with E-state index in [-0.39, 0.29) is 30.9 Å². The lowest BCUT2D eigenvalue weighted by Gasteiger charge is -2.28. The normalized spacial score (nSPS) is 15.3. The molecular weight excluding hydrogens is 490 g/mol. The van der Waals surface area contributed by atoms with Crippen LogP contribution in [0.4, 0.5) is 11.5 Å². The molecule has 2 aromatic rings. The average Bonchev–Trinajstić information content (AvgIpc) is 2.91. The third kappa shape index (κ3) is 7.58. The second kappa shape index (κ2) is 14.2. The zero-order chi connectivity index (χ0) is 27.5. The first-order valence-corrected chi connectivity index (χ1v) is 12.8. The van der Waals surface area contributed by atoms with Crippen LogP contribution in [0.25, 0.3) is 0 Å². The van der Waals surface area contributed by atoms with Gasteiger partial charge in [-0.15, -0.1) is 0 Å². The Hall–Kier alpha value is -3.86. The Kier molecular flexibility index (Phi) is 10.7. The van der Waals surface area contributed by atoms with Crippen molar-refractivity contribution in [1.29, 1.82) is 0 Å². The number of likely N-dealkylation sites (tertiary alicyclic amines) is 1. The van der Waals surface area contributed by atoms with Crippen LogP contribution in [-0.4, -0.2) is 61.6 Å². The largest absolute Gasteiger partial charge is 0.493 e. The Morgan fingerprint density at radius 3 is 2.63 bits per heavy atom. The van der Waals surface area contributed by atoms with Crippen molar-refractivity contribution in [3.05, 3.63) is 36.0 Å². The highest BCUT2D eigenvalue weighted by Crippen LogP contribution is 2.40. The van der Waals surface area contributed by atoms with Crippen LogP contribution in [0.15, 0.2) is 30.5 Å². The molecule has 0 radical (unpaired) electrons. The molecule has 38 heavy (non-hydrogen) atoms. The molecule has 0 aliphatic carbocycles. The summed E-state index contributed by atoms with van der Waals surface area (Å²) < 4.78 is 16.3. The Labute approximate surface area is 223 Å². The molecule has 206 valence electrons. The van der Waals surface area contributed by atoms with Gasteiger partial charge in [0.15, 0.2) is 11.5 Å². The predicted molar refractivity (Wildman–Crippen MR) is 142 cm³/mol. The van der Waals surface area contributed by atoms with E-state index in [0.29, 0.717) is 30.1 Å². The minimum absolute atomic E-state index is 0.00345. The number of nitrogens with one attached hydrogen (secondary N) is 2. The minimum Gasteiger partial charge on any atom is -0.493 e. The van der Waals surface area contributed by atoms with Crippen molar-refractivity contribution in [2.75, 3.05) is 33.3 Å². The van der Waals surface area contributed by atoms with Crippen LogP contribution in [0.5, 0.6) is 17.2 Å². The van der Waals surface area contributed by atoms with Crippen molar-refractivity contribution in [1.82, 2.24) is 15.2 Å². The first-order valence-electron chi connectivity index (χ1n) is 12.8. The fraction of sp³-hybridized carbons (Fsp3) is 0.481. The summed E-state index contributed by atoms with van der Waals surface area (Å²) in [5, 5.41) is 6.10. The molecule has 4 N–H and O–H groups in total. The fourth-order valence-electron chi connectivity index (χ4n) is 4.36. The highest BCUT2D eigenvalue weighted by atomic mass is 16.5.